The Kier molecular flexibility index (Phi) is 6.69. The van der Waals surface area contributed by atoms with Crippen molar-refractivity contribution in [3.05, 3.63) is 88.3 Å². The van der Waals surface area contributed by atoms with Gasteiger partial charge in [-0.1, -0.05) is 35.9 Å². The highest BCUT2D eigenvalue weighted by Gasteiger charge is 2.29. The molecule has 41 heavy (non-hydrogen) atoms. The molecule has 2 N–H and O–H groups in total. The van der Waals surface area contributed by atoms with Gasteiger partial charge in [0.1, 0.15) is 5.75 Å². The first-order valence-corrected chi connectivity index (χ1v) is 15.2. The maximum absolute atomic E-state index is 5.51. The van der Waals surface area contributed by atoms with E-state index in [1.807, 2.05) is 0 Å². The molecule has 7 rings (SSSR count). The van der Waals surface area contributed by atoms with Crippen molar-refractivity contribution < 1.29 is 4.74 Å². The summed E-state index contributed by atoms with van der Waals surface area (Å²) in [6.45, 7) is 10.3. The predicted octanol–water partition coefficient (Wildman–Crippen LogP) is 8.06. The lowest BCUT2D eigenvalue weighted by Crippen LogP contribution is -2.23. The molecule has 4 heterocycles. The summed E-state index contributed by atoms with van der Waals surface area (Å²) < 4.78 is 5.51. The first-order chi connectivity index (χ1) is 20.0. The van der Waals surface area contributed by atoms with Crippen molar-refractivity contribution in [3.63, 3.8) is 0 Å². The van der Waals surface area contributed by atoms with Crippen LogP contribution < -0.4 is 4.74 Å². The van der Waals surface area contributed by atoms with Gasteiger partial charge in [0.2, 0.25) is 0 Å². The number of rotatable bonds is 7. The molecule has 4 aromatic rings. The average Bonchev–Trinajstić information content (AvgIpc) is 3.55. The molecule has 0 amide bonds. The quantitative estimate of drug-likeness (QED) is 0.227. The van der Waals surface area contributed by atoms with Crippen LogP contribution >= 0.6 is 0 Å². The van der Waals surface area contributed by atoms with Gasteiger partial charge in [0.15, 0.2) is 0 Å². The van der Waals surface area contributed by atoms with Crippen LogP contribution in [0.25, 0.3) is 21.8 Å². The second-order valence-corrected chi connectivity index (χ2v) is 12.3. The van der Waals surface area contributed by atoms with Crippen molar-refractivity contribution in [2.45, 2.75) is 58.8 Å². The number of benzene rings is 2. The Morgan fingerprint density at radius 1 is 0.927 bits per heavy atom. The fourth-order valence-corrected chi connectivity index (χ4v) is 7.31. The van der Waals surface area contributed by atoms with E-state index in [1.54, 1.807) is 12.7 Å². The van der Waals surface area contributed by atoms with E-state index in [9.17, 15) is 0 Å². The number of allylic oxidation sites excluding steroid dienone is 3. The Bertz CT molecular complexity index is 1760. The fourth-order valence-electron chi connectivity index (χ4n) is 7.31. The third-order valence-corrected chi connectivity index (χ3v) is 9.63. The molecular formula is C36H40N4O. The maximum atomic E-state index is 5.51. The van der Waals surface area contributed by atoms with Gasteiger partial charge in [0.25, 0.3) is 0 Å². The molecule has 2 aromatic heterocycles. The summed E-state index contributed by atoms with van der Waals surface area (Å²) in [5.74, 6) is 1.84. The van der Waals surface area contributed by atoms with E-state index in [2.05, 4.69) is 72.9 Å². The van der Waals surface area contributed by atoms with Gasteiger partial charge in [-0.2, -0.15) is 0 Å². The number of aromatic amines is 2. The molecule has 210 valence electrons. The Balaban J connectivity index is 1.24. The molecule has 2 unspecified atom stereocenters. The number of H-pyrrole nitrogens is 2. The molecule has 0 bridgehead atoms. The normalized spacial score (nSPS) is 19.3. The van der Waals surface area contributed by atoms with E-state index in [-0.39, 0.29) is 0 Å². The third-order valence-electron chi connectivity index (χ3n) is 9.63. The van der Waals surface area contributed by atoms with E-state index in [0.717, 1.165) is 62.9 Å². The van der Waals surface area contributed by atoms with Crippen LogP contribution in [0.4, 0.5) is 0 Å². The van der Waals surface area contributed by atoms with Crippen LogP contribution in [0, 0.1) is 18.8 Å². The average molecular weight is 545 g/mol. The number of nitrogens with one attached hydrogen (secondary N) is 2. The molecule has 3 aliphatic rings. The number of ether oxygens (including phenoxy) is 1. The van der Waals surface area contributed by atoms with Crippen LogP contribution in [-0.2, 0) is 12.8 Å². The zero-order valence-electron chi connectivity index (χ0n) is 24.6. The number of fused-ring (bicyclic) bond motifs is 6. The van der Waals surface area contributed by atoms with Crippen molar-refractivity contribution >= 4 is 33.2 Å². The van der Waals surface area contributed by atoms with Crippen LogP contribution in [0.2, 0.25) is 0 Å². The highest BCUT2D eigenvalue weighted by atomic mass is 16.5. The number of methoxy groups -OCH3 is 1. The molecule has 0 fully saturated rings. The topological polar surface area (TPSA) is 65.5 Å². The number of aliphatic imine (C=N–C) groups is 2. The lowest BCUT2D eigenvalue weighted by molar-refractivity contribution is 0.415. The van der Waals surface area contributed by atoms with Gasteiger partial charge in [-0.25, -0.2) is 0 Å². The Hall–Kier alpha value is -3.86. The minimum Gasteiger partial charge on any atom is -0.497 e. The number of hydrogen-bond donors (Lipinski definition) is 2. The number of aromatic nitrogens is 2. The van der Waals surface area contributed by atoms with Gasteiger partial charge in [0.05, 0.1) is 29.9 Å². The van der Waals surface area contributed by atoms with Crippen LogP contribution in [-0.4, -0.2) is 41.6 Å². The third kappa shape index (κ3) is 4.75. The zero-order valence-corrected chi connectivity index (χ0v) is 24.6. The van der Waals surface area contributed by atoms with E-state index in [0.29, 0.717) is 11.8 Å². The van der Waals surface area contributed by atoms with Crippen LogP contribution in [0.15, 0.2) is 70.2 Å². The van der Waals surface area contributed by atoms with Gasteiger partial charge in [-0.15, -0.1) is 0 Å². The summed E-state index contributed by atoms with van der Waals surface area (Å²) in [6.07, 6.45) is 9.76. The lowest BCUT2D eigenvalue weighted by atomic mass is 9.77. The summed E-state index contributed by atoms with van der Waals surface area (Å²) in [6, 6.07) is 13.2. The Morgan fingerprint density at radius 2 is 1.56 bits per heavy atom. The van der Waals surface area contributed by atoms with E-state index >= 15 is 0 Å². The number of hydrogen-bond acceptors (Lipinski definition) is 3. The molecule has 2 aromatic carbocycles. The van der Waals surface area contributed by atoms with Crippen LogP contribution in [0.5, 0.6) is 5.75 Å². The van der Waals surface area contributed by atoms with Crippen LogP contribution in [0.1, 0.15) is 67.1 Å². The summed E-state index contributed by atoms with van der Waals surface area (Å²) in [4.78, 5) is 17.8. The second-order valence-electron chi connectivity index (χ2n) is 12.3. The molecule has 5 nitrogen and oxygen atoms in total. The minimum absolute atomic E-state index is 0.365. The Labute approximate surface area is 242 Å². The summed E-state index contributed by atoms with van der Waals surface area (Å²) >= 11 is 0. The fraction of sp³-hybridized carbons (Fsp3) is 0.389. The van der Waals surface area contributed by atoms with Gasteiger partial charge < -0.3 is 14.7 Å². The summed E-state index contributed by atoms with van der Waals surface area (Å²) in [5, 5.41) is 2.64. The molecule has 5 heteroatoms. The molecule has 0 radical (unpaired) electrons. The van der Waals surface area contributed by atoms with Gasteiger partial charge >= 0.3 is 0 Å². The molecule has 2 aliphatic heterocycles. The number of nitrogens with zero attached hydrogens (tertiary/aromatic N) is 2. The van der Waals surface area contributed by atoms with E-state index in [4.69, 9.17) is 14.7 Å². The van der Waals surface area contributed by atoms with Crippen molar-refractivity contribution in [2.24, 2.45) is 21.8 Å². The molecule has 0 saturated carbocycles. The standard InChI is InChI=1S/C36H40N4O/c1-21(2)23-6-8-24(9-7-23)25(18-33-35-29(13-15-37-33)27-11-5-22(3)17-31(27)39-35)19-34-36-30(14-16-38-34)28-12-10-26(41-4)20-32(28)40-36/h5,8,10-12,17,20,23,25,39-40H,1,6-7,9,13-16,18-19H2,2-4H3. The van der Waals surface area contributed by atoms with Crippen molar-refractivity contribution in [1.29, 1.82) is 0 Å². The second kappa shape index (κ2) is 10.5. The predicted molar refractivity (Wildman–Crippen MR) is 171 cm³/mol. The largest absolute Gasteiger partial charge is 0.497 e. The molecule has 2 atom stereocenters. The summed E-state index contributed by atoms with van der Waals surface area (Å²) in [7, 11) is 1.73. The monoisotopic (exact) mass is 544 g/mol. The molecule has 0 spiro atoms. The highest BCUT2D eigenvalue weighted by molar-refractivity contribution is 6.08. The zero-order chi connectivity index (χ0) is 28.1. The molecule has 0 saturated heterocycles. The van der Waals surface area contributed by atoms with E-state index < -0.39 is 0 Å². The molecule has 1 aliphatic carbocycles. The van der Waals surface area contributed by atoms with Crippen molar-refractivity contribution in [1.82, 2.24) is 9.97 Å². The first-order valence-electron chi connectivity index (χ1n) is 15.2. The van der Waals surface area contributed by atoms with Crippen molar-refractivity contribution in [3.8, 4) is 5.75 Å². The van der Waals surface area contributed by atoms with E-state index in [1.165, 1.54) is 67.8 Å². The SMILES string of the molecule is C=C(C)C1CC=C(C(CC2=NCCc3c2[nH]c2cc(C)ccc32)CC2=NCCc3c2[nH]c2cc(OC)ccc32)CC1. The van der Waals surface area contributed by atoms with Gasteiger partial charge in [0, 0.05) is 41.0 Å². The smallest absolute Gasteiger partial charge is 0.120 e. The van der Waals surface area contributed by atoms with Crippen molar-refractivity contribution in [2.75, 3.05) is 20.2 Å². The summed E-state index contributed by atoms with van der Waals surface area (Å²) in [5.41, 5.74) is 14.3. The minimum atomic E-state index is 0.365. The van der Waals surface area contributed by atoms with Gasteiger partial charge in [-0.3, -0.25) is 9.98 Å². The lowest BCUT2D eigenvalue weighted by Gasteiger charge is -2.29. The molecular weight excluding hydrogens is 504 g/mol. The maximum Gasteiger partial charge on any atom is 0.120 e. The number of aryl methyl sites for hydroxylation is 1. The van der Waals surface area contributed by atoms with Crippen LogP contribution in [0.3, 0.4) is 0 Å². The van der Waals surface area contributed by atoms with Gasteiger partial charge in [-0.05, 0) is 106 Å². The highest BCUT2D eigenvalue weighted by Crippen LogP contribution is 2.38. The first kappa shape index (κ1) is 26.1. The Morgan fingerprint density at radius 3 is 2.15 bits per heavy atom.